The van der Waals surface area contributed by atoms with E-state index in [1.165, 1.54) is 10.8 Å². The molecule has 0 atom stereocenters. The van der Waals surface area contributed by atoms with Gasteiger partial charge in [0.05, 0.1) is 5.75 Å². The number of rotatable bonds is 3. The zero-order chi connectivity index (χ0) is 11.6. The van der Waals surface area contributed by atoms with E-state index in [1.54, 1.807) is 37.8 Å². The van der Waals surface area contributed by atoms with Crippen LogP contribution in [0.4, 0.5) is 0 Å². The second-order valence-corrected chi connectivity index (χ2v) is 5.32. The Morgan fingerprint density at radius 3 is 2.75 bits per heavy atom. The third-order valence-electron chi connectivity index (χ3n) is 2.13. The number of imidazole rings is 1. The van der Waals surface area contributed by atoms with Crippen molar-refractivity contribution in [3.05, 3.63) is 42.5 Å². The van der Waals surface area contributed by atoms with Crippen LogP contribution in [0.15, 0.2) is 42.1 Å². The van der Waals surface area contributed by atoms with Crippen LogP contribution in [0, 0.1) is 0 Å². The molecule has 0 fully saturated rings. The molecule has 0 aliphatic rings. The van der Waals surface area contributed by atoms with Crippen LogP contribution in [0.2, 0.25) is 0 Å². The minimum absolute atomic E-state index is 0.0777. The van der Waals surface area contributed by atoms with Crippen LogP contribution in [-0.4, -0.2) is 23.0 Å². The summed E-state index contributed by atoms with van der Waals surface area (Å²) in [5.74, 6) is -0.0777. The fraction of sp³-hybridized carbons (Fsp3) is 0.200. The molecule has 16 heavy (non-hydrogen) atoms. The topological polar surface area (TPSA) is 64.8 Å². The molecule has 0 aliphatic carbocycles. The van der Waals surface area contributed by atoms with Gasteiger partial charge in [-0.15, -0.1) is 0 Å². The highest BCUT2D eigenvalue weighted by Crippen LogP contribution is 2.12. The van der Waals surface area contributed by atoms with Crippen LogP contribution in [0.25, 0.3) is 0 Å². The second-order valence-electron chi connectivity index (χ2n) is 3.44. The molecule has 0 spiro atoms. The van der Waals surface area contributed by atoms with E-state index >= 15 is 0 Å². The van der Waals surface area contributed by atoms with Crippen molar-refractivity contribution < 1.29 is 8.42 Å². The van der Waals surface area contributed by atoms with Gasteiger partial charge in [0.15, 0.2) is 0 Å². The molecule has 2 rings (SSSR count). The number of nitrogens with zero attached hydrogens (tertiary/aromatic N) is 3. The monoisotopic (exact) mass is 237 g/mol. The van der Waals surface area contributed by atoms with Crippen LogP contribution in [0.5, 0.6) is 0 Å². The fourth-order valence-electron chi connectivity index (χ4n) is 1.42. The Balaban J connectivity index is 2.32. The summed E-state index contributed by atoms with van der Waals surface area (Å²) in [5.41, 5.74) is 0.658. The molecule has 84 valence electrons. The molecule has 2 aromatic heterocycles. The molecule has 0 aliphatic heterocycles. The van der Waals surface area contributed by atoms with Crippen molar-refractivity contribution in [1.82, 2.24) is 14.5 Å². The summed E-state index contributed by atoms with van der Waals surface area (Å²) in [7, 11) is -1.73. The molecule has 0 N–H and O–H groups in total. The summed E-state index contributed by atoms with van der Waals surface area (Å²) in [6, 6.07) is 3.44. The standard InChI is InChI=1S/C10H11N3O2S/c1-13-6-5-12-10(13)16(14,15)8-9-3-2-4-11-7-9/h2-7H,8H2,1H3. The number of aromatic nitrogens is 3. The van der Waals surface area contributed by atoms with E-state index in [-0.39, 0.29) is 10.9 Å². The van der Waals surface area contributed by atoms with Crippen LogP contribution in [0.1, 0.15) is 5.56 Å². The number of sulfone groups is 1. The molecule has 2 heterocycles. The molecule has 0 bridgehead atoms. The van der Waals surface area contributed by atoms with E-state index in [4.69, 9.17) is 0 Å². The molecule has 0 saturated carbocycles. The van der Waals surface area contributed by atoms with Gasteiger partial charge in [0.1, 0.15) is 0 Å². The molecule has 0 unspecified atom stereocenters. The first-order valence-electron chi connectivity index (χ1n) is 4.68. The Morgan fingerprint density at radius 1 is 1.38 bits per heavy atom. The first-order valence-corrected chi connectivity index (χ1v) is 6.34. The zero-order valence-electron chi connectivity index (χ0n) is 8.74. The highest BCUT2D eigenvalue weighted by molar-refractivity contribution is 7.90. The van der Waals surface area contributed by atoms with Gasteiger partial charge in [-0.25, -0.2) is 13.4 Å². The number of hydrogen-bond acceptors (Lipinski definition) is 4. The van der Waals surface area contributed by atoms with E-state index in [9.17, 15) is 8.42 Å². The lowest BCUT2D eigenvalue weighted by Gasteiger charge is -2.03. The van der Waals surface area contributed by atoms with Crippen molar-refractivity contribution in [2.75, 3.05) is 0 Å². The summed E-state index contributed by atoms with van der Waals surface area (Å²) in [6.45, 7) is 0. The summed E-state index contributed by atoms with van der Waals surface area (Å²) in [5, 5.41) is 0.0800. The van der Waals surface area contributed by atoms with Crippen molar-refractivity contribution in [3.63, 3.8) is 0 Å². The van der Waals surface area contributed by atoms with Gasteiger partial charge in [0.25, 0.3) is 0 Å². The van der Waals surface area contributed by atoms with Gasteiger partial charge < -0.3 is 4.57 Å². The minimum atomic E-state index is -3.39. The van der Waals surface area contributed by atoms with Gasteiger partial charge in [-0.05, 0) is 11.6 Å². The Kier molecular flexibility index (Phi) is 2.74. The third-order valence-corrected chi connectivity index (χ3v) is 3.80. The van der Waals surface area contributed by atoms with Gasteiger partial charge in [-0.3, -0.25) is 4.98 Å². The summed E-state index contributed by atoms with van der Waals surface area (Å²) < 4.78 is 25.4. The Morgan fingerprint density at radius 2 is 2.19 bits per heavy atom. The second kappa shape index (κ2) is 4.05. The van der Waals surface area contributed by atoms with Crippen molar-refractivity contribution >= 4 is 9.84 Å². The Labute approximate surface area is 93.7 Å². The molecule has 6 heteroatoms. The van der Waals surface area contributed by atoms with Gasteiger partial charge in [0, 0.05) is 31.8 Å². The number of aryl methyl sites for hydroxylation is 1. The fourth-order valence-corrected chi connectivity index (χ4v) is 2.88. The highest BCUT2D eigenvalue weighted by atomic mass is 32.2. The lowest BCUT2D eigenvalue weighted by Crippen LogP contribution is -2.10. The van der Waals surface area contributed by atoms with E-state index < -0.39 is 9.84 Å². The van der Waals surface area contributed by atoms with Crippen LogP contribution < -0.4 is 0 Å². The van der Waals surface area contributed by atoms with E-state index in [0.717, 1.165) is 0 Å². The molecule has 0 amide bonds. The average molecular weight is 237 g/mol. The van der Waals surface area contributed by atoms with Crippen molar-refractivity contribution in [1.29, 1.82) is 0 Å². The number of pyridine rings is 1. The smallest absolute Gasteiger partial charge is 0.227 e. The van der Waals surface area contributed by atoms with Crippen molar-refractivity contribution in [2.24, 2.45) is 7.05 Å². The van der Waals surface area contributed by atoms with Crippen LogP contribution in [0.3, 0.4) is 0 Å². The number of hydrogen-bond donors (Lipinski definition) is 0. The summed E-state index contributed by atoms with van der Waals surface area (Å²) >= 11 is 0. The maximum atomic E-state index is 12.0. The molecular formula is C10H11N3O2S. The van der Waals surface area contributed by atoms with E-state index in [0.29, 0.717) is 5.56 Å². The van der Waals surface area contributed by atoms with Crippen molar-refractivity contribution in [2.45, 2.75) is 10.9 Å². The normalized spacial score (nSPS) is 11.6. The summed E-state index contributed by atoms with van der Waals surface area (Å²) in [6.07, 6.45) is 6.23. The first kappa shape index (κ1) is 10.8. The Hall–Kier alpha value is -1.69. The highest BCUT2D eigenvalue weighted by Gasteiger charge is 2.19. The van der Waals surface area contributed by atoms with Gasteiger partial charge in [-0.1, -0.05) is 6.07 Å². The molecule has 5 nitrogen and oxygen atoms in total. The predicted octanol–water partition coefficient (Wildman–Crippen LogP) is 0.789. The van der Waals surface area contributed by atoms with Crippen molar-refractivity contribution in [3.8, 4) is 0 Å². The molecule has 0 aromatic carbocycles. The minimum Gasteiger partial charge on any atom is -0.325 e. The van der Waals surface area contributed by atoms with Gasteiger partial charge in [-0.2, -0.15) is 0 Å². The molecule has 2 aromatic rings. The maximum absolute atomic E-state index is 12.0. The molecule has 0 radical (unpaired) electrons. The van der Waals surface area contributed by atoms with E-state index in [2.05, 4.69) is 9.97 Å². The Bertz CT molecular complexity index is 575. The molecule has 0 saturated heterocycles. The largest absolute Gasteiger partial charge is 0.325 e. The molecular weight excluding hydrogens is 226 g/mol. The summed E-state index contributed by atoms with van der Waals surface area (Å²) in [4.78, 5) is 7.72. The zero-order valence-corrected chi connectivity index (χ0v) is 9.55. The lowest BCUT2D eigenvalue weighted by atomic mass is 10.3. The SMILES string of the molecule is Cn1ccnc1S(=O)(=O)Cc1cccnc1. The quantitative estimate of drug-likeness (QED) is 0.791. The first-order chi connectivity index (χ1) is 7.59. The van der Waals surface area contributed by atoms with E-state index in [1.807, 2.05) is 0 Å². The van der Waals surface area contributed by atoms with Crippen LogP contribution >= 0.6 is 0 Å². The maximum Gasteiger partial charge on any atom is 0.227 e. The van der Waals surface area contributed by atoms with Gasteiger partial charge in [0.2, 0.25) is 15.0 Å². The average Bonchev–Trinajstić information content (AvgIpc) is 2.66. The third kappa shape index (κ3) is 2.11. The predicted molar refractivity (Wildman–Crippen MR) is 58.3 cm³/mol. The lowest BCUT2D eigenvalue weighted by molar-refractivity contribution is 0.578. The van der Waals surface area contributed by atoms with Crippen LogP contribution in [-0.2, 0) is 22.6 Å². The van der Waals surface area contributed by atoms with Gasteiger partial charge >= 0.3 is 0 Å².